The molecule has 1 atom stereocenters. The number of carboxylic acid groups (broad SMARTS) is 1. The van der Waals surface area contributed by atoms with Gasteiger partial charge in [0.15, 0.2) is 0 Å². The van der Waals surface area contributed by atoms with Crippen molar-refractivity contribution < 1.29 is 18.3 Å². The summed E-state index contributed by atoms with van der Waals surface area (Å²) in [5.74, 6) is -1.09. The molecular weight excluding hydrogens is 268 g/mol. The lowest BCUT2D eigenvalue weighted by molar-refractivity contribution is -0.140. The standard InChI is InChI=1S/C12H22N2O4S/c1-10(12(15)16)13-8-9-14(19(13,17)18)11-6-4-2-3-5-7-11/h10-11H,2-9H2,1H3,(H,15,16). The van der Waals surface area contributed by atoms with Crippen molar-refractivity contribution in [1.29, 1.82) is 0 Å². The van der Waals surface area contributed by atoms with Crippen molar-refractivity contribution in [2.45, 2.75) is 57.5 Å². The van der Waals surface area contributed by atoms with Crippen molar-refractivity contribution in [1.82, 2.24) is 8.61 Å². The topological polar surface area (TPSA) is 77.9 Å². The quantitative estimate of drug-likeness (QED) is 0.788. The maximum absolute atomic E-state index is 12.4. The van der Waals surface area contributed by atoms with Gasteiger partial charge in [0.05, 0.1) is 0 Å². The van der Waals surface area contributed by atoms with Gasteiger partial charge in [0.25, 0.3) is 10.2 Å². The molecule has 0 bridgehead atoms. The van der Waals surface area contributed by atoms with Crippen LogP contribution in [0.15, 0.2) is 0 Å². The van der Waals surface area contributed by atoms with E-state index in [0.717, 1.165) is 30.0 Å². The smallest absolute Gasteiger partial charge is 0.321 e. The van der Waals surface area contributed by atoms with Crippen LogP contribution >= 0.6 is 0 Å². The Kier molecular flexibility index (Phi) is 4.47. The molecule has 1 unspecified atom stereocenters. The Morgan fingerprint density at radius 1 is 1.16 bits per heavy atom. The minimum absolute atomic E-state index is 0.0542. The highest BCUT2D eigenvalue weighted by Crippen LogP contribution is 2.29. The van der Waals surface area contributed by atoms with Crippen LogP contribution in [0.1, 0.15) is 45.4 Å². The number of rotatable bonds is 3. The van der Waals surface area contributed by atoms with Gasteiger partial charge in [-0.3, -0.25) is 4.79 Å². The molecule has 7 heteroatoms. The zero-order chi connectivity index (χ0) is 14.0. The molecule has 0 radical (unpaired) electrons. The molecule has 6 nitrogen and oxygen atoms in total. The van der Waals surface area contributed by atoms with Crippen LogP contribution < -0.4 is 0 Å². The fourth-order valence-corrected chi connectivity index (χ4v) is 4.97. The van der Waals surface area contributed by atoms with Gasteiger partial charge >= 0.3 is 5.97 Å². The van der Waals surface area contributed by atoms with Crippen molar-refractivity contribution >= 4 is 16.2 Å². The SMILES string of the molecule is CC(C(=O)O)N1CCN(C2CCCCCC2)S1(=O)=O. The highest BCUT2D eigenvalue weighted by molar-refractivity contribution is 7.87. The van der Waals surface area contributed by atoms with Gasteiger partial charge in [-0.15, -0.1) is 0 Å². The third-order valence-corrected chi connectivity index (χ3v) is 6.32. The molecule has 2 aliphatic rings. The van der Waals surface area contributed by atoms with Gasteiger partial charge in [-0.2, -0.15) is 17.0 Å². The largest absolute Gasteiger partial charge is 0.480 e. The van der Waals surface area contributed by atoms with Gasteiger partial charge in [-0.05, 0) is 19.8 Å². The van der Waals surface area contributed by atoms with Gasteiger partial charge in [-0.25, -0.2) is 0 Å². The number of carbonyl (C=O) groups is 1. The molecule has 0 aromatic rings. The van der Waals surface area contributed by atoms with E-state index in [2.05, 4.69) is 0 Å². The Morgan fingerprint density at radius 3 is 2.26 bits per heavy atom. The summed E-state index contributed by atoms with van der Waals surface area (Å²) in [7, 11) is -3.60. The van der Waals surface area contributed by atoms with E-state index in [9.17, 15) is 13.2 Å². The van der Waals surface area contributed by atoms with E-state index >= 15 is 0 Å². The number of hydrogen-bond acceptors (Lipinski definition) is 3. The predicted octanol–water partition coefficient (Wildman–Crippen LogP) is 1.04. The van der Waals surface area contributed by atoms with E-state index in [1.165, 1.54) is 24.1 Å². The normalized spacial score (nSPS) is 28.1. The molecule has 1 N–H and O–H groups in total. The van der Waals surface area contributed by atoms with E-state index in [1.54, 1.807) is 0 Å². The lowest BCUT2D eigenvalue weighted by atomic mass is 10.1. The van der Waals surface area contributed by atoms with Crippen LogP contribution in [0.25, 0.3) is 0 Å². The first-order valence-electron chi connectivity index (χ1n) is 6.96. The molecule has 1 saturated heterocycles. The second-order valence-corrected chi connectivity index (χ2v) is 7.22. The van der Waals surface area contributed by atoms with E-state index in [0.29, 0.717) is 6.54 Å². The summed E-state index contributed by atoms with van der Waals surface area (Å²) < 4.78 is 27.5. The molecule has 110 valence electrons. The van der Waals surface area contributed by atoms with E-state index in [4.69, 9.17) is 5.11 Å². The molecule has 2 fully saturated rings. The summed E-state index contributed by atoms with van der Waals surface area (Å²) in [6, 6.07) is -0.931. The maximum Gasteiger partial charge on any atom is 0.321 e. The Morgan fingerprint density at radius 2 is 1.74 bits per heavy atom. The second kappa shape index (κ2) is 5.76. The Labute approximate surface area is 114 Å². The third-order valence-electron chi connectivity index (χ3n) is 4.15. The van der Waals surface area contributed by atoms with E-state index in [1.807, 2.05) is 0 Å². The molecule has 0 spiro atoms. The zero-order valence-corrected chi connectivity index (χ0v) is 12.1. The summed E-state index contributed by atoms with van der Waals surface area (Å²) in [6.45, 7) is 2.13. The summed E-state index contributed by atoms with van der Waals surface area (Å²) in [6.07, 6.45) is 6.25. The van der Waals surface area contributed by atoms with Gasteiger partial charge in [-0.1, -0.05) is 25.7 Å². The maximum atomic E-state index is 12.4. The van der Waals surface area contributed by atoms with Crippen LogP contribution in [0, 0.1) is 0 Å². The van der Waals surface area contributed by atoms with Crippen molar-refractivity contribution in [3.63, 3.8) is 0 Å². The average Bonchev–Trinajstić information content (AvgIpc) is 2.56. The van der Waals surface area contributed by atoms with E-state index < -0.39 is 22.2 Å². The summed E-state index contributed by atoms with van der Waals surface area (Å²) in [5, 5.41) is 8.99. The molecule has 1 heterocycles. The van der Waals surface area contributed by atoms with Crippen LogP contribution in [-0.2, 0) is 15.0 Å². The van der Waals surface area contributed by atoms with Crippen molar-refractivity contribution in [2.24, 2.45) is 0 Å². The number of hydrogen-bond donors (Lipinski definition) is 1. The summed E-state index contributed by atoms with van der Waals surface area (Å²) >= 11 is 0. The predicted molar refractivity (Wildman–Crippen MR) is 70.9 cm³/mol. The molecule has 1 aliphatic carbocycles. The molecular formula is C12H22N2O4S. The lowest BCUT2D eigenvalue weighted by Gasteiger charge is -2.27. The zero-order valence-electron chi connectivity index (χ0n) is 11.3. The van der Waals surface area contributed by atoms with Gasteiger partial charge < -0.3 is 5.11 Å². The van der Waals surface area contributed by atoms with Crippen molar-refractivity contribution in [2.75, 3.05) is 13.1 Å². The lowest BCUT2D eigenvalue weighted by Crippen LogP contribution is -2.45. The molecule has 19 heavy (non-hydrogen) atoms. The Balaban J connectivity index is 2.14. The first-order chi connectivity index (χ1) is 8.94. The summed E-state index contributed by atoms with van der Waals surface area (Å²) in [4.78, 5) is 11.0. The highest BCUT2D eigenvalue weighted by atomic mass is 32.2. The second-order valence-electron chi connectivity index (χ2n) is 5.39. The Hall–Kier alpha value is -0.660. The first-order valence-corrected chi connectivity index (χ1v) is 8.35. The molecule has 1 aliphatic heterocycles. The highest BCUT2D eigenvalue weighted by Gasteiger charge is 2.44. The molecule has 0 aromatic heterocycles. The average molecular weight is 290 g/mol. The monoisotopic (exact) mass is 290 g/mol. The number of carboxylic acids is 1. The Bertz CT molecular complexity index is 429. The van der Waals surface area contributed by atoms with Crippen LogP contribution in [0.2, 0.25) is 0 Å². The number of nitrogens with zero attached hydrogens (tertiary/aromatic N) is 2. The van der Waals surface area contributed by atoms with Gasteiger partial charge in [0, 0.05) is 19.1 Å². The molecule has 2 rings (SSSR count). The fraction of sp³-hybridized carbons (Fsp3) is 0.917. The summed E-state index contributed by atoms with van der Waals surface area (Å²) in [5.41, 5.74) is 0. The minimum atomic E-state index is -3.60. The minimum Gasteiger partial charge on any atom is -0.480 e. The van der Waals surface area contributed by atoms with Crippen LogP contribution in [0.4, 0.5) is 0 Å². The van der Waals surface area contributed by atoms with Crippen molar-refractivity contribution in [3.05, 3.63) is 0 Å². The van der Waals surface area contributed by atoms with Crippen LogP contribution in [0.5, 0.6) is 0 Å². The van der Waals surface area contributed by atoms with Crippen LogP contribution in [-0.4, -0.2) is 53.3 Å². The van der Waals surface area contributed by atoms with E-state index in [-0.39, 0.29) is 12.6 Å². The fourth-order valence-electron chi connectivity index (χ4n) is 3.00. The number of aliphatic carboxylic acids is 1. The van der Waals surface area contributed by atoms with Crippen LogP contribution in [0.3, 0.4) is 0 Å². The first kappa shape index (κ1) is 14.7. The third kappa shape index (κ3) is 2.93. The van der Waals surface area contributed by atoms with Gasteiger partial charge in [0.1, 0.15) is 6.04 Å². The molecule has 1 saturated carbocycles. The molecule has 0 amide bonds. The van der Waals surface area contributed by atoms with Gasteiger partial charge in [0.2, 0.25) is 0 Å². The van der Waals surface area contributed by atoms with Crippen molar-refractivity contribution in [3.8, 4) is 0 Å². The molecule has 0 aromatic carbocycles.